The molecule has 0 saturated heterocycles. The van der Waals surface area contributed by atoms with Crippen molar-refractivity contribution in [3.63, 3.8) is 0 Å². The molecular weight excluding hydrogens is 571 g/mol. The summed E-state index contributed by atoms with van der Waals surface area (Å²) < 4.78 is 71.7. The number of amides is 2. The summed E-state index contributed by atoms with van der Waals surface area (Å²) in [7, 11) is -2.71. The molecule has 1 aliphatic rings. The highest BCUT2D eigenvalue weighted by Gasteiger charge is 2.36. The van der Waals surface area contributed by atoms with Crippen molar-refractivity contribution >= 4 is 39.1 Å². The molecule has 1 aliphatic carbocycles. The normalized spacial score (nSPS) is 15.0. The molecule has 2 aromatic rings. The van der Waals surface area contributed by atoms with Crippen LogP contribution in [0, 0.1) is 0 Å². The van der Waals surface area contributed by atoms with E-state index in [0.717, 1.165) is 44.1 Å². The number of carbonyl (C=O) groups excluding carboxylic acids is 2. The first-order valence-electron chi connectivity index (χ1n) is 12.8. The van der Waals surface area contributed by atoms with Gasteiger partial charge in [-0.05, 0) is 55.2 Å². The molecule has 40 heavy (non-hydrogen) atoms. The molecule has 0 aromatic heterocycles. The molecule has 1 N–H and O–H groups in total. The first kappa shape index (κ1) is 31.5. The van der Waals surface area contributed by atoms with Crippen LogP contribution in [-0.4, -0.2) is 57.1 Å². The van der Waals surface area contributed by atoms with Crippen molar-refractivity contribution in [1.29, 1.82) is 0 Å². The van der Waals surface area contributed by atoms with Gasteiger partial charge in [-0.3, -0.25) is 13.9 Å². The standard InChI is InChI=1S/C27H33ClF3N3O5S/c1-4-24(26(36)32-19-7-5-6-8-19)33(16-18-9-12-21(39-2)13-10-18)25(35)17-34(40(3,37)38)20-11-14-23(28)22(15-20)27(29,30)31/h9-15,19,24H,4-8,16-17H2,1-3H3,(H,32,36)/t24-/m0/s1. The number of ether oxygens (including phenoxy) is 1. The summed E-state index contributed by atoms with van der Waals surface area (Å²) in [6.07, 6.45) is -0.185. The maximum absolute atomic E-state index is 13.8. The van der Waals surface area contributed by atoms with Gasteiger partial charge in [0, 0.05) is 12.6 Å². The molecule has 0 spiro atoms. The number of rotatable bonds is 11. The Labute approximate surface area is 237 Å². The van der Waals surface area contributed by atoms with Crippen molar-refractivity contribution in [2.24, 2.45) is 0 Å². The van der Waals surface area contributed by atoms with Crippen molar-refractivity contribution in [3.8, 4) is 5.75 Å². The smallest absolute Gasteiger partial charge is 0.417 e. The third-order valence-corrected chi connectivity index (χ3v) is 8.29. The first-order valence-corrected chi connectivity index (χ1v) is 15.0. The molecule has 13 heteroatoms. The van der Waals surface area contributed by atoms with Gasteiger partial charge in [0.05, 0.1) is 29.6 Å². The predicted molar refractivity (Wildman–Crippen MR) is 147 cm³/mol. The van der Waals surface area contributed by atoms with Gasteiger partial charge in [0.1, 0.15) is 18.3 Å². The second kappa shape index (κ2) is 13.1. The lowest BCUT2D eigenvalue weighted by atomic mass is 10.1. The van der Waals surface area contributed by atoms with Gasteiger partial charge in [0.2, 0.25) is 21.8 Å². The van der Waals surface area contributed by atoms with Gasteiger partial charge < -0.3 is 15.0 Å². The van der Waals surface area contributed by atoms with Crippen LogP contribution in [0.3, 0.4) is 0 Å². The van der Waals surface area contributed by atoms with E-state index in [2.05, 4.69) is 5.32 Å². The second-order valence-corrected chi connectivity index (χ2v) is 12.0. The Kier molecular flexibility index (Phi) is 10.3. The summed E-state index contributed by atoms with van der Waals surface area (Å²) in [5.41, 5.74) is -0.955. The monoisotopic (exact) mass is 603 g/mol. The van der Waals surface area contributed by atoms with E-state index in [1.807, 2.05) is 0 Å². The number of nitrogens with one attached hydrogen (secondary N) is 1. The molecule has 0 bridgehead atoms. The molecule has 1 atom stereocenters. The average Bonchev–Trinajstić information content (AvgIpc) is 3.39. The summed E-state index contributed by atoms with van der Waals surface area (Å²) in [4.78, 5) is 28.3. The van der Waals surface area contributed by atoms with Gasteiger partial charge in [-0.15, -0.1) is 0 Å². The Bertz CT molecular complexity index is 1300. The fourth-order valence-electron chi connectivity index (χ4n) is 4.71. The van der Waals surface area contributed by atoms with Crippen LogP contribution in [0.2, 0.25) is 5.02 Å². The number of sulfonamides is 1. The summed E-state index contributed by atoms with van der Waals surface area (Å²) in [6, 6.07) is 8.47. The molecule has 3 rings (SSSR count). The maximum atomic E-state index is 13.8. The highest BCUT2D eigenvalue weighted by Crippen LogP contribution is 2.37. The van der Waals surface area contributed by atoms with E-state index in [9.17, 15) is 31.2 Å². The van der Waals surface area contributed by atoms with Crippen LogP contribution >= 0.6 is 11.6 Å². The van der Waals surface area contributed by atoms with Crippen LogP contribution in [0.15, 0.2) is 42.5 Å². The Morgan fingerprint density at radius 3 is 2.27 bits per heavy atom. The van der Waals surface area contributed by atoms with Gasteiger partial charge in [0.25, 0.3) is 0 Å². The molecule has 8 nitrogen and oxygen atoms in total. The maximum Gasteiger partial charge on any atom is 0.417 e. The van der Waals surface area contributed by atoms with E-state index in [0.29, 0.717) is 21.7 Å². The molecule has 1 fully saturated rings. The van der Waals surface area contributed by atoms with Gasteiger partial charge in [-0.1, -0.05) is 43.5 Å². The van der Waals surface area contributed by atoms with Crippen LogP contribution in [0.25, 0.3) is 0 Å². The zero-order valence-corrected chi connectivity index (χ0v) is 24.1. The number of halogens is 4. The van der Waals surface area contributed by atoms with Crippen molar-refractivity contribution < 1.29 is 35.9 Å². The van der Waals surface area contributed by atoms with Crippen molar-refractivity contribution in [2.45, 2.75) is 63.8 Å². The molecule has 2 aromatic carbocycles. The topological polar surface area (TPSA) is 96.0 Å². The van der Waals surface area contributed by atoms with E-state index in [4.69, 9.17) is 16.3 Å². The number of hydrogen-bond acceptors (Lipinski definition) is 5. The van der Waals surface area contributed by atoms with Gasteiger partial charge >= 0.3 is 6.18 Å². The summed E-state index contributed by atoms with van der Waals surface area (Å²) >= 11 is 5.72. The summed E-state index contributed by atoms with van der Waals surface area (Å²) in [5, 5.41) is 2.39. The largest absolute Gasteiger partial charge is 0.497 e. The van der Waals surface area contributed by atoms with Gasteiger partial charge in [-0.25, -0.2) is 8.42 Å². The Balaban J connectivity index is 1.97. The minimum absolute atomic E-state index is 0.0122. The van der Waals surface area contributed by atoms with Crippen molar-refractivity contribution in [2.75, 3.05) is 24.2 Å². The molecule has 0 aliphatic heterocycles. The van der Waals surface area contributed by atoms with E-state index >= 15 is 0 Å². The molecule has 0 radical (unpaired) electrons. The quantitative estimate of drug-likeness (QED) is 0.390. The minimum Gasteiger partial charge on any atom is -0.497 e. The number of alkyl halides is 3. The lowest BCUT2D eigenvalue weighted by Gasteiger charge is -2.33. The molecule has 0 heterocycles. The average molecular weight is 604 g/mol. The predicted octanol–water partition coefficient (Wildman–Crippen LogP) is 5.00. The molecule has 220 valence electrons. The van der Waals surface area contributed by atoms with E-state index in [1.165, 1.54) is 12.0 Å². The number of anilines is 1. The Morgan fingerprint density at radius 2 is 1.75 bits per heavy atom. The van der Waals surface area contributed by atoms with Gasteiger partial charge in [-0.2, -0.15) is 13.2 Å². The summed E-state index contributed by atoms with van der Waals surface area (Å²) in [5.74, 6) is -0.537. The fourth-order valence-corrected chi connectivity index (χ4v) is 5.78. The minimum atomic E-state index is -4.84. The van der Waals surface area contributed by atoms with E-state index in [-0.39, 0.29) is 30.6 Å². The highest BCUT2D eigenvalue weighted by atomic mass is 35.5. The Morgan fingerprint density at radius 1 is 1.12 bits per heavy atom. The third-order valence-electron chi connectivity index (χ3n) is 6.82. The molecular formula is C27H33ClF3N3O5S. The third kappa shape index (κ3) is 8.03. The Hall–Kier alpha value is -2.99. The van der Waals surface area contributed by atoms with Crippen LogP contribution in [0.1, 0.15) is 50.2 Å². The number of nitrogens with zero attached hydrogens (tertiary/aromatic N) is 2. The van der Waals surface area contributed by atoms with Crippen molar-refractivity contribution in [1.82, 2.24) is 10.2 Å². The first-order chi connectivity index (χ1) is 18.7. The zero-order valence-electron chi connectivity index (χ0n) is 22.5. The van der Waals surface area contributed by atoms with Crippen LogP contribution in [0.4, 0.5) is 18.9 Å². The fraction of sp³-hybridized carbons (Fsp3) is 0.481. The molecule has 2 amide bonds. The lowest BCUT2D eigenvalue weighted by molar-refractivity contribution is -0.140. The molecule has 1 saturated carbocycles. The van der Waals surface area contributed by atoms with Gasteiger partial charge in [0.15, 0.2) is 0 Å². The zero-order chi connectivity index (χ0) is 29.7. The highest BCUT2D eigenvalue weighted by molar-refractivity contribution is 7.92. The number of hydrogen-bond donors (Lipinski definition) is 1. The number of benzene rings is 2. The van der Waals surface area contributed by atoms with Crippen molar-refractivity contribution in [3.05, 3.63) is 58.6 Å². The SMILES string of the molecule is CC[C@@H](C(=O)NC1CCCC1)N(Cc1ccc(OC)cc1)C(=O)CN(c1ccc(Cl)c(C(F)(F)F)c1)S(C)(=O)=O. The lowest BCUT2D eigenvalue weighted by Crippen LogP contribution is -2.53. The van der Waals surface area contributed by atoms with E-state index in [1.54, 1.807) is 31.2 Å². The molecule has 0 unspecified atom stereocenters. The van der Waals surface area contributed by atoms with E-state index < -0.39 is 45.3 Å². The number of carbonyl (C=O) groups is 2. The number of methoxy groups -OCH3 is 1. The second-order valence-electron chi connectivity index (χ2n) is 9.72. The van der Waals surface area contributed by atoms with Crippen LogP contribution in [-0.2, 0) is 32.3 Å². The van der Waals surface area contributed by atoms with Crippen LogP contribution < -0.4 is 14.4 Å². The summed E-state index contributed by atoms with van der Waals surface area (Å²) in [6.45, 7) is 0.878. The van der Waals surface area contributed by atoms with Crippen LogP contribution in [0.5, 0.6) is 5.75 Å².